The quantitative estimate of drug-likeness (QED) is 0.240. The van der Waals surface area contributed by atoms with Crippen LogP contribution in [0.15, 0.2) is 59.3 Å². The van der Waals surface area contributed by atoms with E-state index in [-0.39, 0.29) is 16.7 Å². The number of carbonyl (C=O) groups is 1. The first-order valence-electron chi connectivity index (χ1n) is 12.7. The number of amides is 1. The largest absolute Gasteiger partial charge is 0.334 e. The zero-order valence-corrected chi connectivity index (χ0v) is 24.0. The highest BCUT2D eigenvalue weighted by Gasteiger charge is 2.51. The molecule has 3 aromatic heterocycles. The molecule has 38 heavy (non-hydrogen) atoms. The fourth-order valence-electron chi connectivity index (χ4n) is 6.35. The average molecular weight is 565 g/mol. The molecule has 1 aromatic carbocycles. The predicted octanol–water partition coefficient (Wildman–Crippen LogP) is 6.77. The van der Waals surface area contributed by atoms with Gasteiger partial charge in [0.25, 0.3) is 5.91 Å². The number of carbonyl (C=O) groups excluding carboxylic acids is 1. The lowest BCUT2D eigenvalue weighted by Gasteiger charge is -2.39. The lowest BCUT2D eigenvalue weighted by atomic mass is 9.65. The fraction of sp³-hybridized carbons (Fsp3) is 0.393. The van der Waals surface area contributed by atoms with Crippen LogP contribution in [0.1, 0.15) is 55.5 Å². The van der Waals surface area contributed by atoms with Crippen molar-refractivity contribution in [1.82, 2.24) is 29.6 Å². The van der Waals surface area contributed by atoms with E-state index in [0.29, 0.717) is 28.3 Å². The summed E-state index contributed by atoms with van der Waals surface area (Å²) < 4.78 is 2.00. The molecule has 1 saturated heterocycles. The Kier molecular flexibility index (Phi) is 6.56. The first kappa shape index (κ1) is 25.5. The van der Waals surface area contributed by atoms with Crippen LogP contribution in [0, 0.1) is 10.8 Å². The maximum atomic E-state index is 13.5. The van der Waals surface area contributed by atoms with E-state index in [9.17, 15) is 4.79 Å². The molecule has 0 radical (unpaired) electrons. The highest BCUT2D eigenvalue weighted by atomic mass is 35.5. The number of hydrogen-bond acceptors (Lipinski definition) is 7. The summed E-state index contributed by atoms with van der Waals surface area (Å²) >= 11 is 9.38. The Bertz CT molecular complexity index is 1490. The van der Waals surface area contributed by atoms with Crippen LogP contribution < -0.4 is 0 Å². The van der Waals surface area contributed by atoms with E-state index >= 15 is 0 Å². The van der Waals surface area contributed by atoms with Crippen LogP contribution in [0.3, 0.4) is 0 Å². The van der Waals surface area contributed by atoms with Crippen molar-refractivity contribution >= 4 is 40.6 Å². The molecular weight excluding hydrogens is 536 g/mol. The summed E-state index contributed by atoms with van der Waals surface area (Å²) in [5, 5.41) is 13.1. The standard InChI is InChI=1S/C28H29ClN6OS2/c1-27(2)12-21-13-28(3,16-27)17-34(21)25(36)22-14-37-23(31-22)15-38-26-33-32-24(18-7-9-30-10-8-18)35(26)20-6-4-5-19(29)11-20/h4-11,14,21H,12-13,15-17H2,1-3H3. The lowest BCUT2D eigenvalue weighted by molar-refractivity contribution is 0.0703. The van der Waals surface area contributed by atoms with Crippen LogP contribution in [-0.2, 0) is 5.75 Å². The third kappa shape index (κ3) is 4.99. The minimum atomic E-state index is 0.0611. The number of fused-ring (bicyclic) bond motifs is 2. The Hall–Kier alpha value is -2.75. The van der Waals surface area contributed by atoms with Crippen molar-refractivity contribution < 1.29 is 4.79 Å². The van der Waals surface area contributed by atoms with Crippen LogP contribution >= 0.6 is 34.7 Å². The van der Waals surface area contributed by atoms with Crippen LogP contribution in [0.25, 0.3) is 17.1 Å². The number of thiazole rings is 1. The number of benzene rings is 1. The van der Waals surface area contributed by atoms with Crippen LogP contribution in [0.5, 0.6) is 0 Å². The highest BCUT2D eigenvalue weighted by molar-refractivity contribution is 7.98. The Morgan fingerprint density at radius 1 is 1.16 bits per heavy atom. The maximum absolute atomic E-state index is 13.5. The maximum Gasteiger partial charge on any atom is 0.273 e. The number of thioether (sulfide) groups is 1. The van der Waals surface area contributed by atoms with E-state index in [4.69, 9.17) is 16.6 Å². The molecular formula is C28H29ClN6OS2. The molecule has 1 aliphatic heterocycles. The third-order valence-corrected chi connectivity index (χ3v) is 9.62. The number of likely N-dealkylation sites (tertiary alicyclic amines) is 1. The second-order valence-corrected chi connectivity index (χ2v) is 13.7. The summed E-state index contributed by atoms with van der Waals surface area (Å²) in [4.78, 5) is 24.4. The van der Waals surface area contributed by atoms with Gasteiger partial charge in [0.2, 0.25) is 0 Å². The van der Waals surface area contributed by atoms with Gasteiger partial charge in [0.15, 0.2) is 11.0 Å². The predicted molar refractivity (Wildman–Crippen MR) is 152 cm³/mol. The van der Waals surface area contributed by atoms with Crippen molar-refractivity contribution in [3.63, 3.8) is 0 Å². The fourth-order valence-corrected chi connectivity index (χ4v) is 8.27. The van der Waals surface area contributed by atoms with E-state index in [1.165, 1.54) is 11.3 Å². The van der Waals surface area contributed by atoms with Gasteiger partial charge in [-0.25, -0.2) is 4.98 Å². The van der Waals surface area contributed by atoms with Gasteiger partial charge in [0.05, 0.1) is 11.4 Å². The summed E-state index contributed by atoms with van der Waals surface area (Å²) in [6, 6.07) is 11.8. The molecule has 0 spiro atoms. The monoisotopic (exact) mass is 564 g/mol. The molecule has 1 amide bonds. The highest BCUT2D eigenvalue weighted by Crippen LogP contribution is 2.52. The topological polar surface area (TPSA) is 76.8 Å². The molecule has 196 valence electrons. The molecule has 4 heterocycles. The summed E-state index contributed by atoms with van der Waals surface area (Å²) in [5.74, 6) is 1.36. The second-order valence-electron chi connectivity index (χ2n) is 11.4. The van der Waals surface area contributed by atoms with E-state index in [1.807, 2.05) is 46.3 Å². The molecule has 2 bridgehead atoms. The molecule has 2 unspecified atom stereocenters. The first-order chi connectivity index (χ1) is 18.2. The number of pyridine rings is 1. The van der Waals surface area contributed by atoms with Gasteiger partial charge >= 0.3 is 0 Å². The van der Waals surface area contributed by atoms with E-state index in [1.54, 1.807) is 24.2 Å². The lowest BCUT2D eigenvalue weighted by Crippen LogP contribution is -2.37. The average Bonchev–Trinajstić information content (AvgIpc) is 3.58. The van der Waals surface area contributed by atoms with Gasteiger partial charge < -0.3 is 4.90 Å². The molecule has 0 N–H and O–H groups in total. The summed E-state index contributed by atoms with van der Waals surface area (Å²) in [7, 11) is 0. The van der Waals surface area contributed by atoms with Crippen molar-refractivity contribution in [2.24, 2.45) is 10.8 Å². The van der Waals surface area contributed by atoms with E-state index < -0.39 is 0 Å². The Morgan fingerprint density at radius 2 is 1.97 bits per heavy atom. The number of aromatic nitrogens is 5. The van der Waals surface area contributed by atoms with Gasteiger partial charge in [0, 0.05) is 40.9 Å². The first-order valence-corrected chi connectivity index (χ1v) is 14.9. The molecule has 10 heteroatoms. The van der Waals surface area contributed by atoms with Crippen LogP contribution in [-0.4, -0.2) is 48.1 Å². The molecule has 2 aliphatic rings. The van der Waals surface area contributed by atoms with Gasteiger partial charge in [-0.3, -0.25) is 14.3 Å². The smallest absolute Gasteiger partial charge is 0.273 e. The molecule has 4 aromatic rings. The zero-order chi connectivity index (χ0) is 26.5. The molecule has 2 atom stereocenters. The van der Waals surface area contributed by atoms with Crippen LogP contribution in [0.2, 0.25) is 5.02 Å². The van der Waals surface area contributed by atoms with E-state index in [2.05, 4.69) is 40.9 Å². The van der Waals surface area contributed by atoms with Gasteiger partial charge in [-0.15, -0.1) is 21.5 Å². The minimum Gasteiger partial charge on any atom is -0.334 e. The van der Waals surface area contributed by atoms with Crippen LogP contribution in [0.4, 0.5) is 0 Å². The molecule has 7 nitrogen and oxygen atoms in total. The summed E-state index contributed by atoms with van der Waals surface area (Å²) in [6.45, 7) is 7.80. The minimum absolute atomic E-state index is 0.0611. The molecule has 6 rings (SSSR count). The zero-order valence-electron chi connectivity index (χ0n) is 21.6. The summed E-state index contributed by atoms with van der Waals surface area (Å²) in [5.41, 5.74) is 2.81. The Morgan fingerprint density at radius 3 is 2.76 bits per heavy atom. The molecule has 1 aliphatic carbocycles. The molecule has 1 saturated carbocycles. The van der Waals surface area contributed by atoms with E-state index in [0.717, 1.165) is 47.2 Å². The SMILES string of the molecule is CC1(C)CC2CC(C)(CN2C(=O)c2csc(CSc3nnc(-c4ccncc4)n3-c3cccc(Cl)c3)n2)C1. The van der Waals surface area contributed by atoms with Crippen molar-refractivity contribution in [2.45, 2.75) is 57.0 Å². The van der Waals surface area contributed by atoms with Crippen molar-refractivity contribution in [3.8, 4) is 17.1 Å². The molecule has 2 fully saturated rings. The number of halogens is 1. The second kappa shape index (κ2) is 9.77. The van der Waals surface area contributed by atoms with Crippen molar-refractivity contribution in [2.75, 3.05) is 6.54 Å². The van der Waals surface area contributed by atoms with Gasteiger partial charge in [-0.1, -0.05) is 50.2 Å². The van der Waals surface area contributed by atoms with Crippen molar-refractivity contribution in [1.29, 1.82) is 0 Å². The number of hydrogen-bond donors (Lipinski definition) is 0. The van der Waals surface area contributed by atoms with Gasteiger partial charge in [0.1, 0.15) is 10.7 Å². The number of rotatable bonds is 6. The van der Waals surface area contributed by atoms with Gasteiger partial charge in [-0.2, -0.15) is 0 Å². The number of nitrogens with zero attached hydrogens (tertiary/aromatic N) is 6. The third-order valence-electron chi connectivity index (χ3n) is 7.41. The Balaban J connectivity index is 1.22. The van der Waals surface area contributed by atoms with Crippen molar-refractivity contribution in [3.05, 3.63) is 69.9 Å². The van der Waals surface area contributed by atoms with Gasteiger partial charge in [-0.05, 0) is 60.4 Å². The Labute approximate surface area is 235 Å². The normalized spacial score (nSPS) is 22.1. The summed E-state index contributed by atoms with van der Waals surface area (Å²) in [6.07, 6.45) is 6.79.